The van der Waals surface area contributed by atoms with E-state index in [9.17, 15) is 4.79 Å². The zero-order valence-corrected chi connectivity index (χ0v) is 14.9. The van der Waals surface area contributed by atoms with Crippen molar-refractivity contribution in [1.29, 1.82) is 5.26 Å². The Morgan fingerprint density at radius 3 is 2.62 bits per heavy atom. The van der Waals surface area contributed by atoms with Gasteiger partial charge >= 0.3 is 0 Å². The van der Waals surface area contributed by atoms with Crippen LogP contribution in [-0.2, 0) is 4.79 Å². The van der Waals surface area contributed by atoms with Crippen LogP contribution in [0.3, 0.4) is 0 Å². The van der Waals surface area contributed by atoms with Gasteiger partial charge in [-0.1, -0.05) is 35.3 Å². The van der Waals surface area contributed by atoms with Crippen molar-refractivity contribution in [2.75, 3.05) is 5.32 Å². The van der Waals surface area contributed by atoms with Crippen LogP contribution in [0.2, 0.25) is 10.0 Å². The lowest BCUT2D eigenvalue weighted by atomic mass is 10.1. The second-order valence-electron chi connectivity index (χ2n) is 5.62. The molecule has 0 unspecified atom stereocenters. The second kappa shape index (κ2) is 8.16. The van der Waals surface area contributed by atoms with E-state index in [0.29, 0.717) is 21.3 Å². The molecule has 0 spiro atoms. The van der Waals surface area contributed by atoms with Crippen molar-refractivity contribution < 1.29 is 10.1 Å². The number of carbonyl (C=O) groups is 1. The summed E-state index contributed by atoms with van der Waals surface area (Å²) in [6.45, 7) is 3.80. The fourth-order valence-corrected chi connectivity index (χ4v) is 3.00. The lowest BCUT2D eigenvalue weighted by Crippen LogP contribution is -2.91. The normalized spacial score (nSPS) is 13.0. The number of amides is 1. The van der Waals surface area contributed by atoms with Gasteiger partial charge in [0.1, 0.15) is 6.04 Å². The maximum atomic E-state index is 12.3. The van der Waals surface area contributed by atoms with Gasteiger partial charge in [-0.2, -0.15) is 5.26 Å². The monoisotopic (exact) mass is 362 g/mol. The molecule has 4 nitrogen and oxygen atoms in total. The lowest BCUT2D eigenvalue weighted by molar-refractivity contribution is -0.709. The van der Waals surface area contributed by atoms with Gasteiger partial charge < -0.3 is 10.6 Å². The molecule has 3 N–H and O–H groups in total. The third-order valence-corrected chi connectivity index (χ3v) is 4.27. The highest BCUT2D eigenvalue weighted by molar-refractivity contribution is 6.35. The molecule has 2 atom stereocenters. The molecule has 0 radical (unpaired) electrons. The van der Waals surface area contributed by atoms with Crippen LogP contribution in [0.25, 0.3) is 0 Å². The number of nitriles is 1. The van der Waals surface area contributed by atoms with Crippen molar-refractivity contribution in [3.63, 3.8) is 0 Å². The third-order valence-electron chi connectivity index (χ3n) is 3.70. The molecule has 1 amide bonds. The molecule has 0 saturated heterocycles. The Kier molecular flexibility index (Phi) is 6.22. The Morgan fingerprint density at radius 1 is 1.21 bits per heavy atom. The van der Waals surface area contributed by atoms with Crippen LogP contribution < -0.4 is 10.6 Å². The van der Waals surface area contributed by atoms with Crippen molar-refractivity contribution in [2.45, 2.75) is 25.9 Å². The molecule has 0 heterocycles. The number of nitrogens with zero attached hydrogens (tertiary/aromatic N) is 1. The van der Waals surface area contributed by atoms with E-state index >= 15 is 0 Å². The van der Waals surface area contributed by atoms with Crippen molar-refractivity contribution in [1.82, 2.24) is 0 Å². The first-order valence-electron chi connectivity index (χ1n) is 7.51. The van der Waals surface area contributed by atoms with Crippen LogP contribution in [0.4, 0.5) is 5.69 Å². The molecule has 6 heteroatoms. The fraction of sp³-hybridized carbons (Fsp3) is 0.222. The number of halogens is 2. The van der Waals surface area contributed by atoms with Gasteiger partial charge in [-0.3, -0.25) is 4.79 Å². The number of carbonyl (C=O) groups excluding carboxylic acids is 1. The predicted molar refractivity (Wildman–Crippen MR) is 96.1 cm³/mol. The van der Waals surface area contributed by atoms with Crippen molar-refractivity contribution in [2.24, 2.45) is 0 Å². The number of rotatable bonds is 5. The zero-order valence-electron chi connectivity index (χ0n) is 13.4. The van der Waals surface area contributed by atoms with E-state index in [1.807, 2.05) is 31.3 Å². The molecule has 0 bridgehead atoms. The number of nitrogens with one attached hydrogen (secondary N) is 1. The number of hydrogen-bond donors (Lipinski definition) is 2. The van der Waals surface area contributed by atoms with Gasteiger partial charge in [0, 0.05) is 16.3 Å². The van der Waals surface area contributed by atoms with E-state index in [1.165, 1.54) is 0 Å². The predicted octanol–water partition coefficient (Wildman–Crippen LogP) is 3.52. The summed E-state index contributed by atoms with van der Waals surface area (Å²) in [6, 6.07) is 13.9. The quantitative estimate of drug-likeness (QED) is 0.854. The van der Waals surface area contributed by atoms with Gasteiger partial charge in [0.25, 0.3) is 5.91 Å². The molecule has 24 heavy (non-hydrogen) atoms. The standard InChI is InChI=1S/C18H17Cl2N3O/c1-11(16-7-6-14(19)9-17(16)20)22-12(2)18(24)23-15-5-3-4-13(8-15)10-21/h3-9,11-12,22H,1-2H3,(H,23,24)/p+1/t11-,12+/m0/s1. The van der Waals surface area contributed by atoms with E-state index in [4.69, 9.17) is 28.5 Å². The van der Waals surface area contributed by atoms with Crippen molar-refractivity contribution in [3.05, 3.63) is 63.6 Å². The van der Waals surface area contributed by atoms with E-state index in [1.54, 1.807) is 36.4 Å². The topological polar surface area (TPSA) is 69.5 Å². The third kappa shape index (κ3) is 4.72. The first-order valence-corrected chi connectivity index (χ1v) is 8.27. The first kappa shape index (κ1) is 18.3. The first-order chi connectivity index (χ1) is 11.4. The van der Waals surface area contributed by atoms with Gasteiger partial charge in [0.15, 0.2) is 6.04 Å². The molecule has 2 rings (SSSR count). The molecule has 0 aromatic heterocycles. The average Bonchev–Trinajstić information content (AvgIpc) is 2.54. The van der Waals surface area contributed by atoms with Crippen LogP contribution in [0.15, 0.2) is 42.5 Å². The summed E-state index contributed by atoms with van der Waals surface area (Å²) in [4.78, 5) is 12.3. The van der Waals surface area contributed by atoms with Crippen LogP contribution in [-0.4, -0.2) is 11.9 Å². The summed E-state index contributed by atoms with van der Waals surface area (Å²) in [5.74, 6) is -0.137. The molecule has 0 aliphatic carbocycles. The molecule has 2 aromatic carbocycles. The van der Waals surface area contributed by atoms with E-state index < -0.39 is 0 Å². The van der Waals surface area contributed by atoms with Crippen LogP contribution in [0.5, 0.6) is 0 Å². The smallest absolute Gasteiger partial charge is 0.282 e. The maximum absolute atomic E-state index is 12.3. The Hall–Kier alpha value is -2.06. The molecular formula is C18H18Cl2N3O+. The highest BCUT2D eigenvalue weighted by Crippen LogP contribution is 2.24. The summed E-state index contributed by atoms with van der Waals surface area (Å²) in [5.41, 5.74) is 2.04. The summed E-state index contributed by atoms with van der Waals surface area (Å²) < 4.78 is 0. The van der Waals surface area contributed by atoms with Crippen LogP contribution >= 0.6 is 23.2 Å². The van der Waals surface area contributed by atoms with Gasteiger partial charge in [-0.05, 0) is 44.2 Å². The van der Waals surface area contributed by atoms with Gasteiger partial charge in [-0.15, -0.1) is 0 Å². The number of nitrogens with two attached hydrogens (primary N) is 1. The maximum Gasteiger partial charge on any atom is 0.282 e. The number of hydrogen-bond acceptors (Lipinski definition) is 2. The molecule has 0 saturated carbocycles. The Balaban J connectivity index is 2.01. The Labute approximate surface area is 151 Å². The van der Waals surface area contributed by atoms with Gasteiger partial charge in [0.05, 0.1) is 16.7 Å². The molecule has 0 fully saturated rings. The number of quaternary nitrogens is 1. The minimum Gasteiger partial charge on any atom is -0.330 e. The van der Waals surface area contributed by atoms with Crippen molar-refractivity contribution in [3.8, 4) is 6.07 Å². The largest absolute Gasteiger partial charge is 0.330 e. The highest BCUT2D eigenvalue weighted by atomic mass is 35.5. The minimum absolute atomic E-state index is 0.000888. The Bertz CT molecular complexity index is 786. The van der Waals surface area contributed by atoms with Crippen LogP contribution in [0, 0.1) is 11.3 Å². The fourth-order valence-electron chi connectivity index (χ4n) is 2.42. The summed E-state index contributed by atoms with van der Waals surface area (Å²) in [7, 11) is 0. The zero-order chi connectivity index (χ0) is 17.7. The summed E-state index contributed by atoms with van der Waals surface area (Å²) in [6.07, 6.45) is 0. The molecule has 0 aliphatic rings. The van der Waals surface area contributed by atoms with E-state index in [-0.39, 0.29) is 18.0 Å². The van der Waals surface area contributed by atoms with Crippen molar-refractivity contribution >= 4 is 34.8 Å². The van der Waals surface area contributed by atoms with E-state index in [0.717, 1.165) is 5.56 Å². The average molecular weight is 363 g/mol. The summed E-state index contributed by atoms with van der Waals surface area (Å²) >= 11 is 12.1. The molecule has 2 aromatic rings. The minimum atomic E-state index is -0.322. The van der Waals surface area contributed by atoms with Gasteiger partial charge in [0.2, 0.25) is 0 Å². The summed E-state index contributed by atoms with van der Waals surface area (Å²) in [5, 5.41) is 14.8. The second-order valence-corrected chi connectivity index (χ2v) is 6.46. The Morgan fingerprint density at radius 2 is 1.96 bits per heavy atom. The number of anilines is 1. The molecule has 124 valence electrons. The number of benzene rings is 2. The van der Waals surface area contributed by atoms with E-state index in [2.05, 4.69) is 5.32 Å². The molecule has 0 aliphatic heterocycles. The van der Waals surface area contributed by atoms with Gasteiger partial charge in [-0.25, -0.2) is 0 Å². The van der Waals surface area contributed by atoms with Crippen LogP contribution in [0.1, 0.15) is 31.0 Å². The lowest BCUT2D eigenvalue weighted by Gasteiger charge is -2.18. The molecular weight excluding hydrogens is 345 g/mol. The highest BCUT2D eigenvalue weighted by Gasteiger charge is 2.22. The SMILES string of the molecule is C[C@H]([NH2+][C@H](C)C(=O)Nc1cccc(C#N)c1)c1ccc(Cl)cc1Cl.